The zero-order valence-corrected chi connectivity index (χ0v) is 19.0. The Labute approximate surface area is 200 Å². The van der Waals surface area contributed by atoms with Crippen LogP contribution >= 0.6 is 0 Å². The molecule has 35 heavy (non-hydrogen) atoms. The predicted molar refractivity (Wildman–Crippen MR) is 127 cm³/mol. The molecule has 0 atom stereocenters. The summed E-state index contributed by atoms with van der Waals surface area (Å²) >= 11 is 0. The highest BCUT2D eigenvalue weighted by molar-refractivity contribution is 6.15. The van der Waals surface area contributed by atoms with Gasteiger partial charge in [0.1, 0.15) is 11.6 Å². The minimum Gasteiger partial charge on any atom is -0.503 e. The molecule has 178 valence electrons. The Kier molecular flexibility index (Phi) is 6.55. The van der Waals surface area contributed by atoms with Crippen molar-refractivity contribution in [3.05, 3.63) is 95.3 Å². The zero-order valence-electron chi connectivity index (χ0n) is 19.0. The molecule has 0 bridgehead atoms. The van der Waals surface area contributed by atoms with Crippen LogP contribution < -0.4 is 4.74 Å². The molecule has 7 nitrogen and oxygen atoms in total. The largest absolute Gasteiger partial charge is 0.503 e. The molecular formula is C27H22FNO6. The lowest BCUT2D eigenvalue weighted by Crippen LogP contribution is -2.06. The fourth-order valence-electron chi connectivity index (χ4n) is 3.77. The third-order valence-corrected chi connectivity index (χ3v) is 5.43. The van der Waals surface area contributed by atoms with Crippen LogP contribution in [0.1, 0.15) is 33.2 Å². The number of carbonyl (C=O) groups excluding carboxylic acids is 2. The number of nitrogens with zero attached hydrogens (tertiary/aromatic N) is 1. The van der Waals surface area contributed by atoms with Crippen LogP contribution in [0.4, 0.5) is 4.39 Å². The van der Waals surface area contributed by atoms with Crippen LogP contribution in [-0.4, -0.2) is 40.2 Å². The van der Waals surface area contributed by atoms with Gasteiger partial charge >= 0.3 is 5.97 Å². The molecule has 0 radical (unpaired) electrons. The molecule has 2 N–H and O–H groups in total. The number of rotatable bonds is 7. The van der Waals surface area contributed by atoms with Crippen LogP contribution in [0, 0.1) is 5.82 Å². The van der Waals surface area contributed by atoms with E-state index in [1.54, 1.807) is 25.1 Å². The smallest absolute Gasteiger partial charge is 0.338 e. The zero-order chi connectivity index (χ0) is 25.1. The first-order valence-corrected chi connectivity index (χ1v) is 10.7. The maximum atomic E-state index is 14.2. The molecule has 1 heterocycles. The van der Waals surface area contributed by atoms with Gasteiger partial charge in [-0.1, -0.05) is 12.1 Å². The van der Waals surface area contributed by atoms with Gasteiger partial charge in [-0.3, -0.25) is 9.36 Å². The first-order valence-electron chi connectivity index (χ1n) is 10.7. The molecular weight excluding hydrogens is 453 g/mol. The summed E-state index contributed by atoms with van der Waals surface area (Å²) in [6.07, 6.45) is 0. The van der Waals surface area contributed by atoms with Crippen molar-refractivity contribution in [2.24, 2.45) is 0 Å². The van der Waals surface area contributed by atoms with Crippen LogP contribution in [0.3, 0.4) is 0 Å². The van der Waals surface area contributed by atoms with Crippen molar-refractivity contribution in [2.75, 3.05) is 13.7 Å². The number of aromatic nitrogens is 1. The lowest BCUT2D eigenvalue weighted by atomic mass is 9.99. The molecule has 3 aromatic carbocycles. The molecule has 0 aliphatic rings. The first kappa shape index (κ1) is 23.6. The van der Waals surface area contributed by atoms with Crippen molar-refractivity contribution in [1.82, 2.24) is 4.57 Å². The molecule has 4 aromatic rings. The lowest BCUT2D eigenvalue weighted by Gasteiger charge is -2.13. The molecule has 0 spiro atoms. The Hall–Kier alpha value is -4.59. The average Bonchev–Trinajstić information content (AvgIpc) is 3.14. The summed E-state index contributed by atoms with van der Waals surface area (Å²) in [5, 5.41) is 21.7. The summed E-state index contributed by atoms with van der Waals surface area (Å²) in [6, 6.07) is 17.7. The summed E-state index contributed by atoms with van der Waals surface area (Å²) in [4.78, 5) is 25.5. The van der Waals surface area contributed by atoms with Gasteiger partial charge in [-0.05, 0) is 67.6 Å². The Morgan fingerprint density at radius 1 is 0.943 bits per heavy atom. The highest BCUT2D eigenvalue weighted by Gasteiger charge is 2.30. The normalized spacial score (nSPS) is 10.7. The van der Waals surface area contributed by atoms with Crippen molar-refractivity contribution < 1.29 is 33.7 Å². The number of methoxy groups -OCH3 is 1. The van der Waals surface area contributed by atoms with Crippen molar-refractivity contribution in [1.29, 1.82) is 0 Å². The molecule has 0 amide bonds. The highest BCUT2D eigenvalue weighted by atomic mass is 19.1. The number of halogens is 1. The van der Waals surface area contributed by atoms with Gasteiger partial charge in [-0.25, -0.2) is 9.18 Å². The molecule has 8 heteroatoms. The van der Waals surface area contributed by atoms with Gasteiger partial charge in [0.25, 0.3) is 0 Å². The van der Waals surface area contributed by atoms with Gasteiger partial charge in [0, 0.05) is 16.8 Å². The molecule has 0 saturated carbocycles. The van der Waals surface area contributed by atoms with Gasteiger partial charge < -0.3 is 19.7 Å². The van der Waals surface area contributed by atoms with Gasteiger partial charge in [0.05, 0.1) is 30.5 Å². The van der Waals surface area contributed by atoms with E-state index in [4.69, 9.17) is 9.47 Å². The van der Waals surface area contributed by atoms with E-state index >= 15 is 0 Å². The standard InChI is InChI=1S/C27H22FNO6/c1-3-35-27(33)17-7-11-20(12-8-17)29-23(18-5-4-6-19(28)15-18)22(25(31)26(29)32)24(30)16-9-13-21(34-2)14-10-16/h4-15,31-32H,3H2,1-2H3. The minimum absolute atomic E-state index is 0.0872. The van der Waals surface area contributed by atoms with Crippen molar-refractivity contribution in [3.63, 3.8) is 0 Å². The second-order valence-corrected chi connectivity index (χ2v) is 7.57. The van der Waals surface area contributed by atoms with E-state index in [1.807, 2.05) is 0 Å². The first-order chi connectivity index (χ1) is 16.8. The minimum atomic E-state index is -0.653. The lowest BCUT2D eigenvalue weighted by molar-refractivity contribution is 0.0526. The summed E-state index contributed by atoms with van der Waals surface area (Å²) in [5.41, 5.74) is 0.990. The topological polar surface area (TPSA) is 98.0 Å². The maximum absolute atomic E-state index is 14.2. The predicted octanol–water partition coefficient (Wildman–Crippen LogP) is 5.11. The number of ketones is 1. The summed E-state index contributed by atoms with van der Waals surface area (Å²) in [5.74, 6) is -2.38. The Morgan fingerprint density at radius 2 is 1.60 bits per heavy atom. The second-order valence-electron chi connectivity index (χ2n) is 7.57. The number of hydrogen-bond acceptors (Lipinski definition) is 6. The fourth-order valence-corrected chi connectivity index (χ4v) is 3.77. The summed E-state index contributed by atoms with van der Waals surface area (Å²) < 4.78 is 25.5. The summed E-state index contributed by atoms with van der Waals surface area (Å²) in [6.45, 7) is 1.91. The van der Waals surface area contributed by atoms with Crippen LogP contribution in [0.15, 0.2) is 72.8 Å². The number of esters is 1. The van der Waals surface area contributed by atoms with Crippen LogP contribution in [0.5, 0.6) is 17.4 Å². The molecule has 0 aliphatic heterocycles. The Bertz CT molecular complexity index is 1390. The van der Waals surface area contributed by atoms with Crippen molar-refractivity contribution in [3.8, 4) is 34.3 Å². The van der Waals surface area contributed by atoms with Gasteiger partial charge in [0.15, 0.2) is 11.5 Å². The number of aromatic hydroxyl groups is 2. The molecule has 4 rings (SSSR count). The molecule has 0 aliphatic carbocycles. The van der Waals surface area contributed by atoms with Gasteiger partial charge in [0.2, 0.25) is 5.88 Å². The molecule has 0 saturated heterocycles. The number of ether oxygens (including phenoxy) is 2. The van der Waals surface area contributed by atoms with E-state index in [1.165, 1.54) is 66.3 Å². The monoisotopic (exact) mass is 475 g/mol. The molecule has 0 unspecified atom stereocenters. The van der Waals surface area contributed by atoms with Crippen LogP contribution in [0.25, 0.3) is 16.9 Å². The van der Waals surface area contributed by atoms with E-state index in [0.29, 0.717) is 11.4 Å². The van der Waals surface area contributed by atoms with E-state index < -0.39 is 29.2 Å². The second kappa shape index (κ2) is 9.72. The number of carbonyl (C=O) groups is 2. The van der Waals surface area contributed by atoms with Crippen LogP contribution in [-0.2, 0) is 4.74 Å². The number of benzene rings is 3. The van der Waals surface area contributed by atoms with Gasteiger partial charge in [-0.2, -0.15) is 0 Å². The van der Waals surface area contributed by atoms with Crippen molar-refractivity contribution in [2.45, 2.75) is 6.92 Å². The Balaban J connectivity index is 1.92. The molecule has 0 fully saturated rings. The van der Waals surface area contributed by atoms with E-state index in [0.717, 1.165) is 0 Å². The van der Waals surface area contributed by atoms with E-state index in [2.05, 4.69) is 0 Å². The maximum Gasteiger partial charge on any atom is 0.338 e. The Morgan fingerprint density at radius 3 is 2.20 bits per heavy atom. The fraction of sp³-hybridized carbons (Fsp3) is 0.111. The van der Waals surface area contributed by atoms with E-state index in [-0.39, 0.29) is 34.6 Å². The highest BCUT2D eigenvalue weighted by Crippen LogP contribution is 2.44. The number of hydrogen-bond donors (Lipinski definition) is 2. The molecule has 1 aromatic heterocycles. The summed E-state index contributed by atoms with van der Waals surface area (Å²) in [7, 11) is 1.50. The van der Waals surface area contributed by atoms with E-state index in [9.17, 15) is 24.2 Å². The van der Waals surface area contributed by atoms with Crippen LogP contribution in [0.2, 0.25) is 0 Å². The van der Waals surface area contributed by atoms with Crippen molar-refractivity contribution >= 4 is 11.8 Å². The quantitative estimate of drug-likeness (QED) is 0.285. The van der Waals surface area contributed by atoms with Gasteiger partial charge in [-0.15, -0.1) is 0 Å². The SMILES string of the molecule is CCOC(=O)c1ccc(-n2c(O)c(O)c(C(=O)c3ccc(OC)cc3)c2-c2cccc(F)c2)cc1. The average molecular weight is 475 g/mol. The third kappa shape index (κ3) is 4.46. The third-order valence-electron chi connectivity index (χ3n) is 5.43.